The maximum atomic E-state index is 12.8. The standard InChI is InChI=1S/C18H26N4O4S.C18H24N4O4S.C18H26N4O3S.2CH4.H36P34.H35P33/c2*1-4-15(23)13(3)17-16(26-17)10-12(2)11-27(24,25)18-19-20-21-22(18)14-8-6-5-7-9-14;1-4-17(23)15(3)10-8-9-14(2)13-26(24,25)18-19-20-21-22(18)16-11-6-5-7-12-16;;;1-19(2)28(20(3)4)32(27(17)18)34(31(25(13)14)26(15)16)33(29(21(5)6)22(7)8)30(23(9)10)24(11)12;1-18-27(19(2)3)31(26(16)17)33(30(24(12)13)25(14)15)32(28(20(4)5)21(6)7)29(22(8)9)23(10)11/h5-9,12-13,15-17,23H,4,10-11H2,1-3H3;5-9,12-13,16-17H,4,10-11H2,1-3H3;5-8,10-12,14-15,17,23H,4,9,13H2,1-3H3;2*1H4;1-18H2;18H,1-17H2/b;;10-8+;;;;/t12-,13+,15-,16+,17+;12-,13+,16+,17+;14-,15-,17-;;;;/m000..../s1. The molecule has 3 aromatic carbocycles. The van der Waals surface area contributed by atoms with Gasteiger partial charge >= 0.3 is 0 Å². The number of aliphatic hydroxyl groups is 2. The summed E-state index contributed by atoms with van der Waals surface area (Å²) in [6.45, 7) is 16.0. The zero-order chi connectivity index (χ0) is 112. The molecular formula is C56H155N12O11P67S3. The molecule has 0 radical (unpaired) electrons. The van der Waals surface area contributed by atoms with Gasteiger partial charge in [0, 0.05) is 18.3 Å². The van der Waals surface area contributed by atoms with Gasteiger partial charge in [-0.3, -0.25) is 4.79 Å². The molecule has 0 aliphatic carbocycles. The Balaban J connectivity index is 0.000000629. The summed E-state index contributed by atoms with van der Waals surface area (Å²) in [5.41, 5.74) is 1.79. The minimum atomic E-state index is -3.67. The van der Waals surface area contributed by atoms with Gasteiger partial charge in [0.2, 0.25) is 29.5 Å². The highest BCUT2D eigenvalue weighted by molar-refractivity contribution is 9.48. The molecule has 2 saturated heterocycles. The molecule has 53 atom stereocenters. The first kappa shape index (κ1) is 168. The van der Waals surface area contributed by atoms with Crippen molar-refractivity contribution in [2.45, 2.75) is 168 Å². The predicted molar refractivity (Wildman–Crippen MR) is 873 cm³/mol. The summed E-state index contributed by atoms with van der Waals surface area (Å²) in [4.78, 5) is 11.8. The van der Waals surface area contributed by atoms with Crippen LogP contribution < -0.4 is 0 Å². The molecule has 6 aromatic rings. The molecule has 2 fully saturated rings. The van der Waals surface area contributed by atoms with Gasteiger partial charge in [-0.05, 0) is 340 Å². The van der Waals surface area contributed by atoms with Crippen LogP contribution in [0.2, 0.25) is 0 Å². The van der Waals surface area contributed by atoms with Crippen molar-refractivity contribution < 1.29 is 49.7 Å². The minimum absolute atomic E-state index is 0. The highest BCUT2D eigenvalue weighted by Gasteiger charge is 2.56. The Hall–Kier alpha value is 22.8. The zero-order valence-corrected chi connectivity index (χ0v) is 153. The second-order valence-electron chi connectivity index (χ2n) is 31.3. The molecule has 3 aromatic heterocycles. The molecule has 8 rings (SSSR count). The van der Waals surface area contributed by atoms with E-state index in [2.05, 4.69) is 359 Å². The zero-order valence-electron chi connectivity index (χ0n) is 81.3. The van der Waals surface area contributed by atoms with Crippen molar-refractivity contribution in [3.8, 4) is 17.1 Å². The summed E-state index contributed by atoms with van der Waals surface area (Å²) in [6.07, 6.45) is 6.60. The van der Waals surface area contributed by atoms with Crippen molar-refractivity contribution in [3.63, 3.8) is 0 Å². The summed E-state index contributed by atoms with van der Waals surface area (Å²) in [5, 5.41) is 52.5. The van der Waals surface area contributed by atoms with Crippen LogP contribution in [0.5, 0.6) is 0 Å². The molecular weight excluding hydrogens is 3190 g/mol. The number of aromatic nitrogens is 12. The van der Waals surface area contributed by atoms with Crippen LogP contribution in [0.15, 0.2) is 119 Å². The monoisotopic (exact) mass is 3340 g/mol. The Morgan fingerprint density at radius 1 is 0.362 bits per heavy atom. The van der Waals surface area contributed by atoms with E-state index in [9.17, 15) is 40.3 Å². The van der Waals surface area contributed by atoms with Crippen molar-refractivity contribution in [2.24, 2.45) is 35.5 Å². The maximum Gasteiger partial charge on any atom is 0.272 e. The minimum Gasteiger partial charge on any atom is -0.393 e. The molecule has 858 valence electrons. The molecule has 5 heterocycles. The van der Waals surface area contributed by atoms with Crippen LogP contribution >= 0.6 is 537 Å². The number of rotatable bonds is 57. The number of carbonyl (C=O) groups is 1. The average molecular weight is 3340 g/mol. The summed E-state index contributed by atoms with van der Waals surface area (Å²) >= 11 is 0. The quantitative estimate of drug-likeness (QED) is 0.0203. The lowest BCUT2D eigenvalue weighted by Crippen LogP contribution is -2.24. The molecule has 0 amide bonds. The van der Waals surface area contributed by atoms with Crippen LogP contribution in [0.25, 0.3) is 17.1 Å². The van der Waals surface area contributed by atoms with Gasteiger partial charge in [-0.15, -0.1) is 312 Å². The molecule has 2 N–H and O–H groups in total. The van der Waals surface area contributed by atoms with Crippen molar-refractivity contribution in [2.75, 3.05) is 17.3 Å². The highest BCUT2D eigenvalue weighted by atomic mass is 33.5. The topological polar surface area (TPSA) is 316 Å². The number of tetrazole rings is 3. The number of Topliss-reactive ketones (excluding diaryl/α,β-unsaturated/α-hetero) is 1. The summed E-state index contributed by atoms with van der Waals surface area (Å²) in [7, 11) is 107. The molecule has 23 nitrogen and oxygen atoms in total. The fourth-order valence-corrected chi connectivity index (χ4v) is 918. The van der Waals surface area contributed by atoms with Gasteiger partial charge in [-0.25, -0.2) is 25.3 Å². The predicted octanol–water partition coefficient (Wildman–Crippen LogP) is 45.9. The Labute approximate surface area is 1010 Å². The second-order valence-corrected chi connectivity index (χ2v) is 307. The lowest BCUT2D eigenvalue weighted by molar-refractivity contribution is -0.122. The van der Waals surface area contributed by atoms with E-state index < -0.39 is 35.6 Å². The fourth-order valence-electron chi connectivity index (χ4n) is 13.1. The first-order valence-corrected chi connectivity index (χ1v) is 168. The van der Waals surface area contributed by atoms with Crippen molar-refractivity contribution in [1.29, 1.82) is 0 Å². The fraction of sp³-hybridized carbons (Fsp3) is 0.571. The Bertz CT molecular complexity index is 5060. The number of benzene rings is 3. The Kier molecular flexibility index (Phi) is 98.1. The van der Waals surface area contributed by atoms with E-state index in [0.717, 1.165) is 7.96 Å². The number of hydrogen-bond acceptors (Lipinski definition) is 20. The molecule has 93 heteroatoms. The smallest absolute Gasteiger partial charge is 0.272 e. The maximum absolute atomic E-state index is 12.8. The van der Waals surface area contributed by atoms with Gasteiger partial charge in [0.15, 0.2) is 0 Å². The SMILES string of the molecule is C.C.CCC(=O)[C@@H](C)[C@H]1O[C@@H]1C[C@H](C)CS(=O)(=O)c1nnnn1-c1ccccc1.CC[C@H](O)[C@@H](C)/C=C/C[C@H](C)CS(=O)(=O)c1nnnn1-c1ccccc1.CC[C@H](O)[C@@H](C)[C@H]1O[C@@H]1C[C@H](C)CS(=O)(=O)c1nnnn1-c1ccccc1.PP(P)P(P(P)P)P(P(P)P)P(P(P(P)P)P(P)P)P(P(P(P)P)P(P)P)P(P(P)P)P(P)P.PPP(P(P)P)P(P(P)P)P(P(P(P)P)P(P)P)P(P(P(P)P)P(P)P)P(P(P)P)P(P)P. The van der Waals surface area contributed by atoms with Gasteiger partial charge in [0.1, 0.15) is 5.78 Å². The van der Waals surface area contributed by atoms with E-state index in [4.69, 9.17) is 9.47 Å². The molecule has 149 heavy (non-hydrogen) atoms. The van der Waals surface area contributed by atoms with E-state index >= 15 is 0 Å². The first-order chi connectivity index (χ1) is 68.4. The number of hydrogen-bond donors (Lipinski definition) is 2. The summed E-state index contributed by atoms with van der Waals surface area (Å²) in [6, 6.07) is 26.8. The van der Waals surface area contributed by atoms with Gasteiger partial charge in [0.05, 0.1) is 70.9 Å². The van der Waals surface area contributed by atoms with Crippen LogP contribution in [0, 0.1) is 35.5 Å². The largest absolute Gasteiger partial charge is 0.393 e. The van der Waals surface area contributed by atoms with Crippen LogP contribution in [-0.2, 0) is 43.8 Å². The van der Waals surface area contributed by atoms with Crippen molar-refractivity contribution >= 4 is 572 Å². The van der Waals surface area contributed by atoms with Crippen molar-refractivity contribution in [1.82, 2.24) is 60.6 Å². The molecule has 41 unspecified atom stereocenters. The number of epoxide rings is 2. The number of allylic oxidation sites excluding steroid dienone is 1. The van der Waals surface area contributed by atoms with Crippen LogP contribution in [-0.4, -0.2) is 156 Å². The van der Waals surface area contributed by atoms with Crippen molar-refractivity contribution in [3.05, 3.63) is 103 Å². The van der Waals surface area contributed by atoms with E-state index in [1.807, 2.05) is 92.7 Å². The number of ketones is 1. The number of nitrogens with zero attached hydrogens (tertiary/aromatic N) is 12. The molecule has 2 aliphatic rings. The van der Waals surface area contributed by atoms with Gasteiger partial charge in [-0.2, -0.15) is 14.0 Å². The van der Waals surface area contributed by atoms with Crippen LogP contribution in [0.3, 0.4) is 0 Å². The first-order valence-electron chi connectivity index (χ1n) is 42.2. The van der Waals surface area contributed by atoms with E-state index in [1.165, 1.54) is 14.0 Å². The van der Waals surface area contributed by atoms with E-state index in [0.29, 0.717) is 55.6 Å². The van der Waals surface area contributed by atoms with Gasteiger partial charge in [0.25, 0.3) is 15.5 Å². The van der Waals surface area contributed by atoms with E-state index in [-0.39, 0.29) is 336 Å². The third kappa shape index (κ3) is 57.1. The average Bonchev–Trinajstić information content (AvgIpc) is 1.76. The number of carbonyl (C=O) groups excluding carboxylic acids is 1. The normalized spacial score (nSPS) is 18.2. The van der Waals surface area contributed by atoms with Gasteiger partial charge < -0.3 is 19.7 Å². The molecule has 0 spiro atoms. The number of aliphatic hydroxyl groups excluding tert-OH is 2. The number of sulfone groups is 3. The Morgan fingerprint density at radius 3 is 0.866 bits per heavy atom. The van der Waals surface area contributed by atoms with Gasteiger partial charge in [-0.1, -0.05) is 167 Å². The van der Waals surface area contributed by atoms with Crippen LogP contribution in [0.4, 0.5) is 0 Å². The lowest BCUT2D eigenvalue weighted by Gasteiger charge is -2.54. The Morgan fingerprint density at radius 2 is 0.611 bits per heavy atom. The van der Waals surface area contributed by atoms with Crippen LogP contribution in [0.1, 0.15) is 116 Å². The van der Waals surface area contributed by atoms with E-state index in [1.54, 1.807) is 72.8 Å². The third-order valence-electron chi connectivity index (χ3n) is 19.6. The lowest BCUT2D eigenvalue weighted by atomic mass is 9.94. The third-order valence-corrected chi connectivity index (χ3v) is 471. The second kappa shape index (κ2) is 87.1. The number of ether oxygens (including phenoxy) is 2. The molecule has 0 saturated carbocycles. The molecule has 0 bridgehead atoms. The highest BCUT2D eigenvalue weighted by Crippen LogP contribution is 3.42. The number of para-hydroxylation sites is 3. The summed E-state index contributed by atoms with van der Waals surface area (Å²) in [5.74, 6) is -0.410. The summed E-state index contributed by atoms with van der Waals surface area (Å²) < 4.78 is 91.7. The molecule has 2 aliphatic heterocycles.